The Bertz CT molecular complexity index is 689. The van der Waals surface area contributed by atoms with Gasteiger partial charge in [-0.1, -0.05) is 39.0 Å². The second-order valence-corrected chi connectivity index (χ2v) is 7.27. The Morgan fingerprint density at radius 2 is 1.75 bits per heavy atom. The molecule has 0 aliphatic carbocycles. The zero-order valence-corrected chi connectivity index (χ0v) is 12.6. The molecule has 1 aromatic heterocycles. The number of sulfonamides is 1. The summed E-state index contributed by atoms with van der Waals surface area (Å²) in [5, 5.41) is 0. The van der Waals surface area contributed by atoms with E-state index in [1.165, 1.54) is 12.3 Å². The summed E-state index contributed by atoms with van der Waals surface area (Å²) in [6.45, 7) is 6.14. The minimum absolute atomic E-state index is 0.145. The molecule has 0 aliphatic rings. The Morgan fingerprint density at radius 1 is 1.05 bits per heavy atom. The summed E-state index contributed by atoms with van der Waals surface area (Å²) in [5.74, 6) is 0. The lowest BCUT2D eigenvalue weighted by Crippen LogP contribution is -2.19. The van der Waals surface area contributed by atoms with Crippen LogP contribution in [0.15, 0.2) is 53.7 Å². The maximum Gasteiger partial charge on any atom is 0.263 e. The molecule has 5 heteroatoms. The van der Waals surface area contributed by atoms with E-state index < -0.39 is 10.0 Å². The van der Waals surface area contributed by atoms with Gasteiger partial charge in [-0.05, 0) is 29.2 Å². The number of nitrogens with zero attached hydrogens (tertiary/aromatic N) is 1. The number of anilines is 1. The van der Waals surface area contributed by atoms with Crippen LogP contribution in [0.4, 0.5) is 5.69 Å². The first kappa shape index (κ1) is 14.5. The molecular formula is C15H18N2O2S. The molecule has 0 aliphatic heterocycles. The van der Waals surface area contributed by atoms with Gasteiger partial charge in [-0.3, -0.25) is 9.71 Å². The summed E-state index contributed by atoms with van der Waals surface area (Å²) < 4.78 is 27.3. The Labute approximate surface area is 119 Å². The molecule has 0 saturated carbocycles. The number of para-hydroxylation sites is 1. The Hall–Kier alpha value is -1.88. The van der Waals surface area contributed by atoms with Crippen molar-refractivity contribution >= 4 is 15.7 Å². The van der Waals surface area contributed by atoms with Gasteiger partial charge in [0, 0.05) is 12.4 Å². The maximum atomic E-state index is 12.3. The van der Waals surface area contributed by atoms with Crippen LogP contribution >= 0.6 is 0 Å². The third-order valence-corrected chi connectivity index (χ3v) is 4.27. The molecule has 0 radical (unpaired) electrons. The minimum atomic E-state index is -3.61. The van der Waals surface area contributed by atoms with Gasteiger partial charge in [-0.2, -0.15) is 0 Å². The first-order chi connectivity index (χ1) is 9.31. The molecule has 0 spiro atoms. The van der Waals surface area contributed by atoms with Gasteiger partial charge >= 0.3 is 0 Å². The highest BCUT2D eigenvalue weighted by Crippen LogP contribution is 2.30. The fraction of sp³-hybridized carbons (Fsp3) is 0.267. The average molecular weight is 290 g/mol. The molecule has 0 fully saturated rings. The van der Waals surface area contributed by atoms with E-state index in [4.69, 9.17) is 0 Å². The van der Waals surface area contributed by atoms with Crippen LogP contribution in [-0.4, -0.2) is 13.4 Å². The lowest BCUT2D eigenvalue weighted by Gasteiger charge is -2.23. The predicted octanol–water partition coefficient (Wildman–Crippen LogP) is 3.18. The fourth-order valence-electron chi connectivity index (χ4n) is 1.94. The standard InChI is InChI=1S/C15H18N2O2S/c1-15(2,3)13-8-4-5-9-14(13)17-20(18,19)12-7-6-10-16-11-12/h4-11,17H,1-3H3. The number of hydrogen-bond acceptors (Lipinski definition) is 3. The molecule has 1 heterocycles. The van der Waals surface area contributed by atoms with Crippen LogP contribution in [0.25, 0.3) is 0 Å². The minimum Gasteiger partial charge on any atom is -0.279 e. The van der Waals surface area contributed by atoms with Crippen LogP contribution in [-0.2, 0) is 15.4 Å². The molecule has 0 amide bonds. The van der Waals surface area contributed by atoms with Gasteiger partial charge in [0.2, 0.25) is 0 Å². The van der Waals surface area contributed by atoms with E-state index in [1.54, 1.807) is 18.3 Å². The van der Waals surface area contributed by atoms with Gasteiger partial charge in [-0.15, -0.1) is 0 Å². The van der Waals surface area contributed by atoms with Crippen LogP contribution < -0.4 is 4.72 Å². The van der Waals surface area contributed by atoms with Crippen molar-refractivity contribution in [3.63, 3.8) is 0 Å². The molecule has 1 aromatic carbocycles. The van der Waals surface area contributed by atoms with Crippen molar-refractivity contribution in [2.24, 2.45) is 0 Å². The van der Waals surface area contributed by atoms with Crippen molar-refractivity contribution < 1.29 is 8.42 Å². The molecule has 106 valence electrons. The summed E-state index contributed by atoms with van der Waals surface area (Å²) >= 11 is 0. The zero-order chi connectivity index (χ0) is 14.8. The Balaban J connectivity index is 2.41. The predicted molar refractivity (Wildman–Crippen MR) is 80.2 cm³/mol. The fourth-order valence-corrected chi connectivity index (χ4v) is 2.98. The van der Waals surface area contributed by atoms with Crippen molar-refractivity contribution in [3.05, 3.63) is 54.4 Å². The van der Waals surface area contributed by atoms with Crippen molar-refractivity contribution in [2.45, 2.75) is 31.1 Å². The van der Waals surface area contributed by atoms with Crippen molar-refractivity contribution in [1.29, 1.82) is 0 Å². The summed E-state index contributed by atoms with van der Waals surface area (Å²) in [5.41, 5.74) is 1.41. The summed E-state index contributed by atoms with van der Waals surface area (Å²) in [6, 6.07) is 10.5. The highest BCUT2D eigenvalue weighted by Gasteiger charge is 2.21. The van der Waals surface area contributed by atoms with Crippen LogP contribution in [0.1, 0.15) is 26.3 Å². The highest BCUT2D eigenvalue weighted by molar-refractivity contribution is 7.92. The number of rotatable bonds is 3. The molecule has 0 bridgehead atoms. The number of nitrogens with one attached hydrogen (secondary N) is 1. The number of benzene rings is 1. The van der Waals surface area contributed by atoms with E-state index >= 15 is 0 Å². The molecule has 2 aromatic rings. The van der Waals surface area contributed by atoms with E-state index in [2.05, 4.69) is 9.71 Å². The smallest absolute Gasteiger partial charge is 0.263 e. The van der Waals surface area contributed by atoms with Gasteiger partial charge < -0.3 is 0 Å². The topological polar surface area (TPSA) is 59.1 Å². The lowest BCUT2D eigenvalue weighted by atomic mass is 9.86. The number of aromatic nitrogens is 1. The van der Waals surface area contributed by atoms with E-state index in [1.807, 2.05) is 39.0 Å². The molecule has 0 unspecified atom stereocenters. The van der Waals surface area contributed by atoms with Crippen LogP contribution in [0.5, 0.6) is 0 Å². The molecule has 1 N–H and O–H groups in total. The van der Waals surface area contributed by atoms with Gasteiger partial charge in [0.15, 0.2) is 0 Å². The van der Waals surface area contributed by atoms with E-state index in [9.17, 15) is 8.42 Å². The quantitative estimate of drug-likeness (QED) is 0.944. The second-order valence-electron chi connectivity index (χ2n) is 5.59. The lowest BCUT2D eigenvalue weighted by molar-refractivity contribution is 0.590. The largest absolute Gasteiger partial charge is 0.279 e. The molecule has 0 atom stereocenters. The highest BCUT2D eigenvalue weighted by atomic mass is 32.2. The van der Waals surface area contributed by atoms with Crippen LogP contribution in [0.2, 0.25) is 0 Å². The van der Waals surface area contributed by atoms with Gasteiger partial charge in [0.1, 0.15) is 4.90 Å². The summed E-state index contributed by atoms with van der Waals surface area (Å²) in [6.07, 6.45) is 2.88. The second kappa shape index (κ2) is 5.25. The van der Waals surface area contributed by atoms with E-state index in [0.717, 1.165) is 5.56 Å². The normalized spacial score (nSPS) is 12.2. The van der Waals surface area contributed by atoms with Gasteiger partial charge in [-0.25, -0.2) is 8.42 Å². The Kier molecular flexibility index (Phi) is 3.81. The third kappa shape index (κ3) is 3.17. The van der Waals surface area contributed by atoms with Crippen LogP contribution in [0.3, 0.4) is 0 Å². The van der Waals surface area contributed by atoms with Crippen molar-refractivity contribution in [3.8, 4) is 0 Å². The van der Waals surface area contributed by atoms with Crippen LogP contribution in [0, 0.1) is 0 Å². The average Bonchev–Trinajstić information content (AvgIpc) is 2.39. The molecule has 4 nitrogen and oxygen atoms in total. The number of pyridine rings is 1. The molecule has 2 rings (SSSR count). The first-order valence-electron chi connectivity index (χ1n) is 6.33. The zero-order valence-electron chi connectivity index (χ0n) is 11.8. The summed E-state index contributed by atoms with van der Waals surface area (Å²) in [4.78, 5) is 4.00. The molecule has 0 saturated heterocycles. The van der Waals surface area contributed by atoms with E-state index in [0.29, 0.717) is 5.69 Å². The summed E-state index contributed by atoms with van der Waals surface area (Å²) in [7, 11) is -3.61. The third-order valence-electron chi connectivity index (χ3n) is 2.92. The molecule has 20 heavy (non-hydrogen) atoms. The van der Waals surface area contributed by atoms with Gasteiger partial charge in [0.25, 0.3) is 10.0 Å². The monoisotopic (exact) mass is 290 g/mol. The van der Waals surface area contributed by atoms with E-state index in [-0.39, 0.29) is 10.3 Å². The number of hydrogen-bond donors (Lipinski definition) is 1. The van der Waals surface area contributed by atoms with Crippen molar-refractivity contribution in [2.75, 3.05) is 4.72 Å². The molecular weight excluding hydrogens is 272 g/mol. The first-order valence-corrected chi connectivity index (χ1v) is 7.81. The van der Waals surface area contributed by atoms with Gasteiger partial charge in [0.05, 0.1) is 5.69 Å². The Morgan fingerprint density at radius 3 is 2.35 bits per heavy atom. The van der Waals surface area contributed by atoms with Crippen molar-refractivity contribution in [1.82, 2.24) is 4.98 Å². The SMILES string of the molecule is CC(C)(C)c1ccccc1NS(=O)(=O)c1cccnc1. The maximum absolute atomic E-state index is 12.3.